The standard InChI is InChI=1S/C9H16O4/c1-6-2-3-7(4-9(11)12)13-8(6)5-10/h6-8,10H,2-5H2,1H3,(H,11,12). The molecule has 4 heteroatoms. The molecule has 0 saturated carbocycles. The van der Waals surface area contributed by atoms with Crippen molar-refractivity contribution in [3.8, 4) is 0 Å². The van der Waals surface area contributed by atoms with Gasteiger partial charge in [-0.25, -0.2) is 0 Å². The molecule has 1 aliphatic rings. The zero-order chi connectivity index (χ0) is 9.84. The van der Waals surface area contributed by atoms with Gasteiger partial charge in [0, 0.05) is 0 Å². The molecule has 3 unspecified atom stereocenters. The topological polar surface area (TPSA) is 66.8 Å². The number of carbonyl (C=O) groups is 1. The second-order valence-corrected chi connectivity index (χ2v) is 3.63. The van der Waals surface area contributed by atoms with Gasteiger partial charge in [0.25, 0.3) is 0 Å². The molecule has 0 radical (unpaired) electrons. The monoisotopic (exact) mass is 188 g/mol. The number of aliphatic hydroxyl groups is 1. The molecule has 1 rings (SSSR count). The van der Waals surface area contributed by atoms with Gasteiger partial charge in [0.05, 0.1) is 25.2 Å². The van der Waals surface area contributed by atoms with Gasteiger partial charge in [-0.05, 0) is 18.8 Å². The maximum absolute atomic E-state index is 10.4. The van der Waals surface area contributed by atoms with Crippen LogP contribution in [0.2, 0.25) is 0 Å². The second-order valence-electron chi connectivity index (χ2n) is 3.63. The minimum Gasteiger partial charge on any atom is -0.481 e. The zero-order valence-corrected chi connectivity index (χ0v) is 7.77. The average Bonchev–Trinajstić information content (AvgIpc) is 2.07. The third-order valence-corrected chi connectivity index (χ3v) is 2.53. The predicted octanol–water partition coefficient (Wildman–Crippen LogP) is 0.637. The van der Waals surface area contributed by atoms with E-state index < -0.39 is 5.97 Å². The lowest BCUT2D eigenvalue weighted by Gasteiger charge is -2.33. The summed E-state index contributed by atoms with van der Waals surface area (Å²) in [6.45, 7) is 2.00. The summed E-state index contributed by atoms with van der Waals surface area (Å²) in [7, 11) is 0. The van der Waals surface area contributed by atoms with Crippen molar-refractivity contribution in [2.24, 2.45) is 5.92 Å². The molecule has 0 bridgehead atoms. The van der Waals surface area contributed by atoms with Crippen molar-refractivity contribution >= 4 is 5.97 Å². The molecule has 0 amide bonds. The van der Waals surface area contributed by atoms with Gasteiger partial charge < -0.3 is 14.9 Å². The minimum absolute atomic E-state index is 0.0166. The van der Waals surface area contributed by atoms with Crippen LogP contribution in [0.25, 0.3) is 0 Å². The maximum Gasteiger partial charge on any atom is 0.305 e. The van der Waals surface area contributed by atoms with Gasteiger partial charge in [0.15, 0.2) is 0 Å². The second kappa shape index (κ2) is 4.58. The molecule has 3 atom stereocenters. The molecule has 4 nitrogen and oxygen atoms in total. The molecule has 0 aliphatic carbocycles. The summed E-state index contributed by atoms with van der Waals surface area (Å²) in [5, 5.41) is 17.5. The van der Waals surface area contributed by atoms with Crippen molar-refractivity contribution in [3.63, 3.8) is 0 Å². The quantitative estimate of drug-likeness (QED) is 0.682. The van der Waals surface area contributed by atoms with Crippen molar-refractivity contribution in [2.45, 2.75) is 38.4 Å². The fourth-order valence-electron chi connectivity index (χ4n) is 1.65. The van der Waals surface area contributed by atoms with Gasteiger partial charge in [0.2, 0.25) is 0 Å². The molecule has 13 heavy (non-hydrogen) atoms. The Hall–Kier alpha value is -0.610. The third kappa shape index (κ3) is 2.97. The van der Waals surface area contributed by atoms with E-state index in [0.29, 0.717) is 5.92 Å². The Balaban J connectivity index is 2.40. The number of hydrogen-bond donors (Lipinski definition) is 2. The van der Waals surface area contributed by atoms with Gasteiger partial charge in [-0.3, -0.25) is 4.79 Å². The van der Waals surface area contributed by atoms with Gasteiger partial charge in [-0.1, -0.05) is 6.92 Å². The number of hydrogen-bond acceptors (Lipinski definition) is 3. The molecular formula is C9H16O4. The first-order valence-electron chi connectivity index (χ1n) is 4.61. The lowest BCUT2D eigenvalue weighted by atomic mass is 9.93. The Morgan fingerprint density at radius 2 is 2.23 bits per heavy atom. The summed E-state index contributed by atoms with van der Waals surface area (Å²) in [6, 6.07) is 0. The summed E-state index contributed by atoms with van der Waals surface area (Å²) in [6.07, 6.45) is 1.36. The van der Waals surface area contributed by atoms with E-state index in [-0.39, 0.29) is 25.2 Å². The molecule has 1 fully saturated rings. The Labute approximate surface area is 77.5 Å². The zero-order valence-electron chi connectivity index (χ0n) is 7.77. The number of rotatable bonds is 3. The van der Waals surface area contributed by atoms with Crippen LogP contribution in [0.5, 0.6) is 0 Å². The van der Waals surface area contributed by atoms with Crippen LogP contribution >= 0.6 is 0 Å². The van der Waals surface area contributed by atoms with Gasteiger partial charge in [0.1, 0.15) is 0 Å². The number of ether oxygens (including phenoxy) is 1. The van der Waals surface area contributed by atoms with E-state index >= 15 is 0 Å². The molecule has 0 aromatic heterocycles. The van der Waals surface area contributed by atoms with E-state index in [1.54, 1.807) is 0 Å². The molecule has 1 saturated heterocycles. The Morgan fingerprint density at radius 1 is 1.54 bits per heavy atom. The Morgan fingerprint density at radius 3 is 2.77 bits per heavy atom. The number of aliphatic carboxylic acids is 1. The third-order valence-electron chi connectivity index (χ3n) is 2.53. The molecule has 1 heterocycles. The normalized spacial score (nSPS) is 34.5. The number of aliphatic hydroxyl groups excluding tert-OH is 1. The van der Waals surface area contributed by atoms with Gasteiger partial charge >= 0.3 is 5.97 Å². The van der Waals surface area contributed by atoms with E-state index in [2.05, 4.69) is 0 Å². The number of carboxylic acids is 1. The fraction of sp³-hybridized carbons (Fsp3) is 0.889. The van der Waals surface area contributed by atoms with Crippen LogP contribution in [-0.4, -0.2) is 35.0 Å². The summed E-state index contributed by atoms with van der Waals surface area (Å²) >= 11 is 0. The van der Waals surface area contributed by atoms with Crippen LogP contribution < -0.4 is 0 Å². The SMILES string of the molecule is CC1CCC(CC(=O)O)OC1CO. The molecule has 76 valence electrons. The average molecular weight is 188 g/mol. The molecule has 0 aromatic rings. The molecular weight excluding hydrogens is 172 g/mol. The summed E-state index contributed by atoms with van der Waals surface area (Å²) in [4.78, 5) is 10.4. The molecule has 1 aliphatic heterocycles. The highest BCUT2D eigenvalue weighted by atomic mass is 16.5. The van der Waals surface area contributed by atoms with E-state index in [0.717, 1.165) is 12.8 Å². The summed E-state index contributed by atoms with van der Waals surface area (Å²) in [5.41, 5.74) is 0. The molecule has 2 N–H and O–H groups in total. The Kier molecular flexibility index (Phi) is 3.69. The van der Waals surface area contributed by atoms with Crippen LogP contribution in [0.3, 0.4) is 0 Å². The van der Waals surface area contributed by atoms with E-state index in [9.17, 15) is 4.79 Å². The first-order valence-corrected chi connectivity index (χ1v) is 4.61. The Bertz CT molecular complexity index is 180. The summed E-state index contributed by atoms with van der Waals surface area (Å²) in [5.74, 6) is -0.508. The first kappa shape index (κ1) is 10.5. The highest BCUT2D eigenvalue weighted by Crippen LogP contribution is 2.25. The lowest BCUT2D eigenvalue weighted by molar-refractivity contribution is -0.147. The number of carboxylic acid groups (broad SMARTS) is 1. The van der Waals surface area contributed by atoms with Crippen LogP contribution in [0, 0.1) is 5.92 Å². The largest absolute Gasteiger partial charge is 0.481 e. The van der Waals surface area contributed by atoms with E-state index in [1.807, 2.05) is 6.92 Å². The highest BCUT2D eigenvalue weighted by molar-refractivity contribution is 5.67. The lowest BCUT2D eigenvalue weighted by Crippen LogP contribution is -2.37. The van der Waals surface area contributed by atoms with E-state index in [1.165, 1.54) is 0 Å². The van der Waals surface area contributed by atoms with Crippen LogP contribution in [0.4, 0.5) is 0 Å². The highest BCUT2D eigenvalue weighted by Gasteiger charge is 2.28. The van der Waals surface area contributed by atoms with E-state index in [4.69, 9.17) is 14.9 Å². The predicted molar refractivity (Wildman–Crippen MR) is 46.4 cm³/mol. The van der Waals surface area contributed by atoms with Crippen molar-refractivity contribution in [1.82, 2.24) is 0 Å². The van der Waals surface area contributed by atoms with Crippen molar-refractivity contribution < 1.29 is 19.7 Å². The van der Waals surface area contributed by atoms with Crippen molar-refractivity contribution in [2.75, 3.05) is 6.61 Å². The van der Waals surface area contributed by atoms with Crippen molar-refractivity contribution in [3.05, 3.63) is 0 Å². The maximum atomic E-state index is 10.4. The van der Waals surface area contributed by atoms with Crippen LogP contribution in [-0.2, 0) is 9.53 Å². The molecule has 0 spiro atoms. The smallest absolute Gasteiger partial charge is 0.305 e. The van der Waals surface area contributed by atoms with Gasteiger partial charge in [-0.2, -0.15) is 0 Å². The fourth-order valence-corrected chi connectivity index (χ4v) is 1.65. The van der Waals surface area contributed by atoms with Crippen molar-refractivity contribution in [1.29, 1.82) is 0 Å². The van der Waals surface area contributed by atoms with Crippen LogP contribution in [0.1, 0.15) is 26.2 Å². The van der Waals surface area contributed by atoms with Crippen LogP contribution in [0.15, 0.2) is 0 Å². The van der Waals surface area contributed by atoms with Gasteiger partial charge in [-0.15, -0.1) is 0 Å². The summed E-state index contributed by atoms with van der Waals surface area (Å²) < 4.78 is 5.43. The minimum atomic E-state index is -0.837. The first-order chi connectivity index (χ1) is 6.13. The molecule has 0 aromatic carbocycles.